The maximum Gasteiger partial charge on any atom is 0.150 e. The van der Waals surface area contributed by atoms with Crippen molar-refractivity contribution in [1.82, 2.24) is 34.4 Å². The number of imidazole rings is 1. The highest BCUT2D eigenvalue weighted by Gasteiger charge is 2.24. The second kappa shape index (κ2) is 7.79. The molecule has 1 aliphatic heterocycles. The molecule has 1 N–H and O–H groups in total. The number of piperidine rings is 1. The molecular weight excluding hydrogens is 340 g/mol. The van der Waals surface area contributed by atoms with E-state index in [0.29, 0.717) is 11.7 Å². The summed E-state index contributed by atoms with van der Waals surface area (Å²) >= 11 is 0. The van der Waals surface area contributed by atoms with Crippen LogP contribution in [0.4, 0.5) is 11.6 Å². The number of hydrogen-bond acceptors (Lipinski definition) is 7. The fraction of sp³-hybridized carbons (Fsp3) is 0.421. The predicted octanol–water partition coefficient (Wildman–Crippen LogP) is 2.43. The van der Waals surface area contributed by atoms with Gasteiger partial charge in [-0.05, 0) is 26.3 Å². The molecule has 4 heterocycles. The minimum atomic E-state index is 0.399. The van der Waals surface area contributed by atoms with E-state index >= 15 is 0 Å². The standard InChI is InChI=1S/C19H24N8/c1-14-23-17(8-18(24-14)25-19-10-20-5-6-22-19)15-4-3-7-27(11-15)12-16-9-21-13-26(16)2/h5-6,8-10,13,15H,3-4,7,11-12H2,1-2H3,(H,22,23,24,25). The van der Waals surface area contributed by atoms with Crippen LogP contribution in [0.3, 0.4) is 0 Å². The van der Waals surface area contributed by atoms with Crippen molar-refractivity contribution in [3.05, 3.63) is 54.4 Å². The van der Waals surface area contributed by atoms with Crippen LogP contribution < -0.4 is 5.32 Å². The minimum absolute atomic E-state index is 0.399. The first-order valence-corrected chi connectivity index (χ1v) is 9.23. The highest BCUT2D eigenvalue weighted by Crippen LogP contribution is 2.28. The molecule has 0 spiro atoms. The molecule has 0 saturated carbocycles. The van der Waals surface area contributed by atoms with Crippen LogP contribution in [0.1, 0.15) is 36.0 Å². The van der Waals surface area contributed by atoms with E-state index in [0.717, 1.165) is 43.4 Å². The summed E-state index contributed by atoms with van der Waals surface area (Å²) in [5, 5.41) is 3.23. The fourth-order valence-electron chi connectivity index (χ4n) is 3.57. The highest BCUT2D eigenvalue weighted by molar-refractivity contribution is 5.50. The molecule has 0 aromatic carbocycles. The van der Waals surface area contributed by atoms with Crippen LogP contribution in [0, 0.1) is 6.92 Å². The molecule has 0 aliphatic carbocycles. The largest absolute Gasteiger partial charge is 0.337 e. The number of hydrogen-bond donors (Lipinski definition) is 1. The minimum Gasteiger partial charge on any atom is -0.337 e. The Morgan fingerprint density at radius 2 is 2.07 bits per heavy atom. The normalized spacial score (nSPS) is 17.8. The molecule has 1 atom stereocenters. The first kappa shape index (κ1) is 17.5. The molecule has 27 heavy (non-hydrogen) atoms. The molecule has 3 aromatic rings. The lowest BCUT2D eigenvalue weighted by molar-refractivity contribution is 0.195. The molecule has 8 heteroatoms. The van der Waals surface area contributed by atoms with Crippen molar-refractivity contribution in [2.75, 3.05) is 18.4 Å². The Bertz CT molecular complexity index is 892. The number of aryl methyl sites for hydroxylation is 2. The van der Waals surface area contributed by atoms with Crippen molar-refractivity contribution < 1.29 is 0 Å². The van der Waals surface area contributed by atoms with Crippen molar-refractivity contribution in [3.8, 4) is 0 Å². The lowest BCUT2D eigenvalue weighted by Crippen LogP contribution is -2.34. The van der Waals surface area contributed by atoms with Gasteiger partial charge in [-0.1, -0.05) is 0 Å². The summed E-state index contributed by atoms with van der Waals surface area (Å²) in [5.41, 5.74) is 2.32. The number of nitrogens with one attached hydrogen (secondary N) is 1. The molecule has 1 saturated heterocycles. The zero-order valence-electron chi connectivity index (χ0n) is 15.7. The van der Waals surface area contributed by atoms with Gasteiger partial charge in [0.1, 0.15) is 17.5 Å². The van der Waals surface area contributed by atoms with Crippen LogP contribution in [0.15, 0.2) is 37.2 Å². The summed E-state index contributed by atoms with van der Waals surface area (Å²) in [4.78, 5) is 24.3. The molecule has 140 valence electrons. The number of aromatic nitrogens is 6. The van der Waals surface area contributed by atoms with Gasteiger partial charge in [-0.3, -0.25) is 9.88 Å². The van der Waals surface area contributed by atoms with E-state index in [9.17, 15) is 0 Å². The lowest BCUT2D eigenvalue weighted by atomic mass is 9.94. The van der Waals surface area contributed by atoms with Gasteiger partial charge in [0.2, 0.25) is 0 Å². The van der Waals surface area contributed by atoms with Gasteiger partial charge in [0.05, 0.1) is 23.9 Å². The van der Waals surface area contributed by atoms with Gasteiger partial charge in [0, 0.05) is 50.7 Å². The topological polar surface area (TPSA) is 84.7 Å². The van der Waals surface area contributed by atoms with E-state index < -0.39 is 0 Å². The van der Waals surface area contributed by atoms with Crippen molar-refractivity contribution >= 4 is 11.6 Å². The number of rotatable bonds is 5. The molecule has 3 aromatic heterocycles. The van der Waals surface area contributed by atoms with Gasteiger partial charge in [-0.25, -0.2) is 19.9 Å². The molecule has 1 aliphatic rings. The van der Waals surface area contributed by atoms with Gasteiger partial charge in [-0.2, -0.15) is 0 Å². The molecule has 4 rings (SSSR count). The Balaban J connectivity index is 1.49. The van der Waals surface area contributed by atoms with Gasteiger partial charge in [-0.15, -0.1) is 0 Å². The Hall–Kier alpha value is -2.87. The van der Waals surface area contributed by atoms with Crippen LogP contribution in [-0.4, -0.2) is 47.5 Å². The van der Waals surface area contributed by atoms with Crippen molar-refractivity contribution in [2.45, 2.75) is 32.2 Å². The first-order valence-electron chi connectivity index (χ1n) is 9.23. The summed E-state index contributed by atoms with van der Waals surface area (Å²) in [6.07, 6.45) is 11.1. The van der Waals surface area contributed by atoms with Crippen LogP contribution >= 0.6 is 0 Å². The number of anilines is 2. The highest BCUT2D eigenvalue weighted by atomic mass is 15.2. The van der Waals surface area contributed by atoms with Gasteiger partial charge in [0.15, 0.2) is 0 Å². The SMILES string of the molecule is Cc1nc(Nc2cnccn2)cc(C2CCCN(Cc3cncn3C)C2)n1. The molecule has 1 fully saturated rings. The quantitative estimate of drug-likeness (QED) is 0.744. The zero-order chi connectivity index (χ0) is 18.6. The number of nitrogens with zero attached hydrogens (tertiary/aromatic N) is 7. The van der Waals surface area contributed by atoms with Crippen LogP contribution in [-0.2, 0) is 13.6 Å². The Kier molecular flexibility index (Phi) is 5.06. The summed E-state index contributed by atoms with van der Waals surface area (Å²) in [5.74, 6) is 2.61. The average molecular weight is 364 g/mol. The maximum absolute atomic E-state index is 4.72. The molecule has 1 unspecified atom stereocenters. The third-order valence-corrected chi connectivity index (χ3v) is 4.90. The van der Waals surface area contributed by atoms with Crippen LogP contribution in [0.2, 0.25) is 0 Å². The molecular formula is C19H24N8. The van der Waals surface area contributed by atoms with Gasteiger partial charge in [0.25, 0.3) is 0 Å². The lowest BCUT2D eigenvalue weighted by Gasteiger charge is -2.32. The van der Waals surface area contributed by atoms with E-state index in [2.05, 4.69) is 34.7 Å². The third kappa shape index (κ3) is 4.28. The maximum atomic E-state index is 4.72. The van der Waals surface area contributed by atoms with Crippen LogP contribution in [0.5, 0.6) is 0 Å². The van der Waals surface area contributed by atoms with Crippen LogP contribution in [0.25, 0.3) is 0 Å². The van der Waals surface area contributed by atoms with Crippen molar-refractivity contribution in [2.24, 2.45) is 7.05 Å². The van der Waals surface area contributed by atoms with E-state index in [1.165, 1.54) is 12.1 Å². The van der Waals surface area contributed by atoms with E-state index in [1.54, 1.807) is 18.6 Å². The van der Waals surface area contributed by atoms with Gasteiger partial charge >= 0.3 is 0 Å². The van der Waals surface area contributed by atoms with Gasteiger partial charge < -0.3 is 9.88 Å². The third-order valence-electron chi connectivity index (χ3n) is 4.90. The molecule has 0 bridgehead atoms. The Morgan fingerprint density at radius 3 is 2.85 bits per heavy atom. The molecule has 8 nitrogen and oxygen atoms in total. The van der Waals surface area contributed by atoms with Crippen molar-refractivity contribution in [1.29, 1.82) is 0 Å². The predicted molar refractivity (Wildman–Crippen MR) is 103 cm³/mol. The molecule has 0 radical (unpaired) electrons. The summed E-state index contributed by atoms with van der Waals surface area (Å²) in [6.45, 7) is 4.95. The van der Waals surface area contributed by atoms with E-state index in [4.69, 9.17) is 4.98 Å². The Morgan fingerprint density at radius 1 is 1.15 bits per heavy atom. The van der Waals surface area contributed by atoms with Crippen molar-refractivity contribution in [3.63, 3.8) is 0 Å². The second-order valence-electron chi connectivity index (χ2n) is 7.01. The molecule has 0 amide bonds. The zero-order valence-corrected chi connectivity index (χ0v) is 15.7. The second-order valence-corrected chi connectivity index (χ2v) is 7.01. The first-order chi connectivity index (χ1) is 13.2. The smallest absolute Gasteiger partial charge is 0.150 e. The summed E-state index contributed by atoms with van der Waals surface area (Å²) in [6, 6.07) is 2.04. The number of likely N-dealkylation sites (tertiary alicyclic amines) is 1. The average Bonchev–Trinajstić information content (AvgIpc) is 3.07. The monoisotopic (exact) mass is 364 g/mol. The summed E-state index contributed by atoms with van der Waals surface area (Å²) in [7, 11) is 2.04. The van der Waals surface area contributed by atoms with E-state index in [-0.39, 0.29) is 0 Å². The van der Waals surface area contributed by atoms with E-state index in [1.807, 2.05) is 32.6 Å². The Labute approximate surface area is 158 Å². The summed E-state index contributed by atoms with van der Waals surface area (Å²) < 4.78 is 2.08. The fourth-order valence-corrected chi connectivity index (χ4v) is 3.57.